The molecule has 1 atom stereocenters. The molecule has 1 aromatic rings. The van der Waals surface area contributed by atoms with E-state index < -0.39 is 18.0 Å². The van der Waals surface area contributed by atoms with Crippen LogP contribution in [0.5, 0.6) is 5.75 Å². The van der Waals surface area contributed by atoms with Crippen LogP contribution in [0, 0.1) is 0 Å². The lowest BCUT2D eigenvalue weighted by Crippen LogP contribution is -2.29. The highest BCUT2D eigenvalue weighted by Crippen LogP contribution is 2.23. The van der Waals surface area contributed by atoms with Crippen LogP contribution >= 0.6 is 0 Å². The minimum atomic E-state index is -0.905. The zero-order valence-electron chi connectivity index (χ0n) is 12.3. The normalized spacial score (nSPS) is 12.3. The van der Waals surface area contributed by atoms with E-state index in [0.717, 1.165) is 0 Å². The summed E-state index contributed by atoms with van der Waals surface area (Å²) < 4.78 is 10.1. The number of carbonyl (C=O) groups is 2. The Hall–Kier alpha value is -2.56. The first-order valence-corrected chi connectivity index (χ1v) is 6.52. The van der Waals surface area contributed by atoms with Gasteiger partial charge in [0.1, 0.15) is 5.75 Å². The Balaban J connectivity index is 2.60. The van der Waals surface area contributed by atoms with Crippen LogP contribution in [0.1, 0.15) is 13.8 Å². The lowest BCUT2D eigenvalue weighted by molar-refractivity contribution is -0.148. The molecule has 0 radical (unpaired) electrons. The molecule has 0 aliphatic heterocycles. The van der Waals surface area contributed by atoms with Gasteiger partial charge in [-0.15, -0.1) is 0 Å². The summed E-state index contributed by atoms with van der Waals surface area (Å²) in [5, 5.41) is 2.65. The van der Waals surface area contributed by atoms with Gasteiger partial charge in [0, 0.05) is 6.08 Å². The van der Waals surface area contributed by atoms with Gasteiger partial charge in [-0.1, -0.05) is 30.4 Å². The van der Waals surface area contributed by atoms with Crippen molar-refractivity contribution in [3.05, 3.63) is 48.6 Å². The van der Waals surface area contributed by atoms with E-state index in [0.29, 0.717) is 11.4 Å². The second-order valence-electron chi connectivity index (χ2n) is 4.15. The number of nitrogens with one attached hydrogen (secondary N) is 1. The molecule has 1 aromatic carbocycles. The second-order valence-corrected chi connectivity index (χ2v) is 4.15. The van der Waals surface area contributed by atoms with Crippen molar-refractivity contribution in [2.45, 2.75) is 20.0 Å². The van der Waals surface area contributed by atoms with Crippen LogP contribution in [-0.4, -0.2) is 25.1 Å². The predicted octanol–water partition coefficient (Wildman–Crippen LogP) is 2.70. The second kappa shape index (κ2) is 8.58. The molecule has 0 aliphatic carbocycles. The number of amides is 1. The summed E-state index contributed by atoms with van der Waals surface area (Å²) in [6.07, 6.45) is 5.38. The minimum Gasteiger partial charge on any atom is -0.495 e. The summed E-state index contributed by atoms with van der Waals surface area (Å²) in [6.45, 7) is 3.34. The fraction of sp³-hybridized carbons (Fsp3) is 0.250. The number of carbonyl (C=O) groups excluding carboxylic acids is 2. The number of methoxy groups -OCH3 is 1. The van der Waals surface area contributed by atoms with E-state index in [9.17, 15) is 9.59 Å². The van der Waals surface area contributed by atoms with Gasteiger partial charge in [0.15, 0.2) is 6.10 Å². The fourth-order valence-electron chi connectivity index (χ4n) is 1.49. The molecule has 1 rings (SSSR count). The van der Waals surface area contributed by atoms with E-state index in [2.05, 4.69) is 5.32 Å². The molecule has 0 bridgehead atoms. The highest BCUT2D eigenvalue weighted by atomic mass is 16.5. The Morgan fingerprint density at radius 3 is 2.62 bits per heavy atom. The van der Waals surface area contributed by atoms with Crippen molar-refractivity contribution >= 4 is 17.6 Å². The van der Waals surface area contributed by atoms with Gasteiger partial charge in [0.25, 0.3) is 5.91 Å². The van der Waals surface area contributed by atoms with Gasteiger partial charge >= 0.3 is 5.97 Å². The topological polar surface area (TPSA) is 64.6 Å². The monoisotopic (exact) mass is 289 g/mol. The predicted molar refractivity (Wildman–Crippen MR) is 81.1 cm³/mol. The number of hydrogen-bond donors (Lipinski definition) is 1. The van der Waals surface area contributed by atoms with E-state index in [1.54, 1.807) is 42.5 Å². The van der Waals surface area contributed by atoms with Crippen LogP contribution < -0.4 is 10.1 Å². The van der Waals surface area contributed by atoms with Crippen molar-refractivity contribution in [2.75, 3.05) is 12.4 Å². The van der Waals surface area contributed by atoms with Crippen molar-refractivity contribution in [1.29, 1.82) is 0 Å². The Kier molecular flexibility index (Phi) is 6.74. The lowest BCUT2D eigenvalue weighted by Gasteiger charge is -2.14. The van der Waals surface area contributed by atoms with Gasteiger partial charge < -0.3 is 14.8 Å². The molecular formula is C16H19NO4. The Bertz CT molecular complexity index is 549. The van der Waals surface area contributed by atoms with Crippen molar-refractivity contribution < 1.29 is 19.1 Å². The van der Waals surface area contributed by atoms with E-state index >= 15 is 0 Å². The zero-order valence-corrected chi connectivity index (χ0v) is 12.3. The van der Waals surface area contributed by atoms with Gasteiger partial charge in [0.05, 0.1) is 12.8 Å². The van der Waals surface area contributed by atoms with Crippen molar-refractivity contribution in [3.8, 4) is 5.75 Å². The highest BCUT2D eigenvalue weighted by molar-refractivity contribution is 5.97. The third-order valence-corrected chi connectivity index (χ3v) is 2.56. The first-order chi connectivity index (χ1) is 10.1. The van der Waals surface area contributed by atoms with Crippen LogP contribution in [-0.2, 0) is 14.3 Å². The van der Waals surface area contributed by atoms with Crippen LogP contribution in [0.4, 0.5) is 5.69 Å². The summed E-state index contributed by atoms with van der Waals surface area (Å²) in [5.41, 5.74) is 0.525. The number of allylic oxidation sites excluding steroid dienone is 3. The Labute approximate surface area is 124 Å². The van der Waals surface area contributed by atoms with Gasteiger partial charge in [-0.05, 0) is 26.0 Å². The molecule has 0 spiro atoms. The number of para-hydroxylation sites is 2. The number of anilines is 1. The van der Waals surface area contributed by atoms with Crippen LogP contribution in [0.15, 0.2) is 48.6 Å². The van der Waals surface area contributed by atoms with Crippen molar-refractivity contribution in [1.82, 2.24) is 0 Å². The molecule has 112 valence electrons. The average Bonchev–Trinajstić information content (AvgIpc) is 2.48. The summed E-state index contributed by atoms with van der Waals surface area (Å²) >= 11 is 0. The van der Waals surface area contributed by atoms with E-state index in [4.69, 9.17) is 9.47 Å². The molecular weight excluding hydrogens is 270 g/mol. The van der Waals surface area contributed by atoms with E-state index in [-0.39, 0.29) is 0 Å². The van der Waals surface area contributed by atoms with Gasteiger partial charge in [-0.3, -0.25) is 4.79 Å². The van der Waals surface area contributed by atoms with Crippen molar-refractivity contribution in [3.63, 3.8) is 0 Å². The lowest BCUT2D eigenvalue weighted by atomic mass is 10.2. The van der Waals surface area contributed by atoms with Crippen LogP contribution in [0.25, 0.3) is 0 Å². The standard InChI is InChI=1S/C16H19NO4/c1-4-5-6-11-15(18)21-12(2)16(19)17-13-9-7-8-10-14(13)20-3/h4-12H,1-3H3,(H,17,19)/b5-4+,11-6+. The number of esters is 1. The van der Waals surface area contributed by atoms with Gasteiger partial charge in [-0.25, -0.2) is 4.79 Å². The molecule has 1 N–H and O–H groups in total. The maximum absolute atomic E-state index is 12.0. The maximum Gasteiger partial charge on any atom is 0.331 e. The molecule has 0 heterocycles. The smallest absolute Gasteiger partial charge is 0.331 e. The van der Waals surface area contributed by atoms with Gasteiger partial charge in [0.2, 0.25) is 0 Å². The molecule has 1 unspecified atom stereocenters. The van der Waals surface area contributed by atoms with Crippen LogP contribution in [0.3, 0.4) is 0 Å². The number of benzene rings is 1. The minimum absolute atomic E-state index is 0.424. The van der Waals surface area contributed by atoms with Crippen LogP contribution in [0.2, 0.25) is 0 Å². The molecule has 0 saturated carbocycles. The number of rotatable bonds is 6. The summed E-state index contributed by atoms with van der Waals surface area (Å²) in [6, 6.07) is 7.00. The molecule has 0 aliphatic rings. The molecule has 0 aromatic heterocycles. The summed E-state index contributed by atoms with van der Waals surface area (Å²) in [4.78, 5) is 23.4. The largest absolute Gasteiger partial charge is 0.495 e. The highest BCUT2D eigenvalue weighted by Gasteiger charge is 2.17. The molecule has 1 amide bonds. The average molecular weight is 289 g/mol. The number of hydrogen-bond acceptors (Lipinski definition) is 4. The number of ether oxygens (including phenoxy) is 2. The molecule has 0 saturated heterocycles. The Morgan fingerprint density at radius 2 is 1.95 bits per heavy atom. The molecule has 5 heteroatoms. The summed E-state index contributed by atoms with van der Waals surface area (Å²) in [7, 11) is 1.51. The quantitative estimate of drug-likeness (QED) is 0.497. The first-order valence-electron chi connectivity index (χ1n) is 6.52. The molecule has 0 fully saturated rings. The first kappa shape index (κ1) is 16.5. The molecule has 21 heavy (non-hydrogen) atoms. The maximum atomic E-state index is 12.0. The van der Waals surface area contributed by atoms with E-state index in [1.807, 2.05) is 6.92 Å². The fourth-order valence-corrected chi connectivity index (χ4v) is 1.49. The summed E-state index contributed by atoms with van der Waals surface area (Å²) in [5.74, 6) is -0.458. The van der Waals surface area contributed by atoms with Crippen molar-refractivity contribution in [2.24, 2.45) is 0 Å². The Morgan fingerprint density at radius 1 is 1.24 bits per heavy atom. The van der Waals surface area contributed by atoms with E-state index in [1.165, 1.54) is 20.1 Å². The SMILES string of the molecule is C/C=C/C=C/C(=O)OC(C)C(=O)Nc1ccccc1OC. The third-order valence-electron chi connectivity index (χ3n) is 2.56. The zero-order chi connectivity index (χ0) is 15.7. The third kappa shape index (κ3) is 5.52. The van der Waals surface area contributed by atoms with Gasteiger partial charge in [-0.2, -0.15) is 0 Å². The molecule has 5 nitrogen and oxygen atoms in total.